The zero-order valence-electron chi connectivity index (χ0n) is 10.6. The Morgan fingerprint density at radius 1 is 1.47 bits per heavy atom. The van der Waals surface area contributed by atoms with E-state index in [1.165, 1.54) is 6.07 Å². The second-order valence-corrected chi connectivity index (χ2v) is 5.10. The van der Waals surface area contributed by atoms with Crippen LogP contribution in [0.2, 0.25) is 5.02 Å². The number of halogens is 1. The second-order valence-electron chi connectivity index (χ2n) is 4.70. The van der Waals surface area contributed by atoms with Crippen LogP contribution in [0.3, 0.4) is 0 Å². The van der Waals surface area contributed by atoms with Crippen molar-refractivity contribution in [2.75, 3.05) is 11.9 Å². The van der Waals surface area contributed by atoms with E-state index in [1.807, 2.05) is 7.05 Å². The van der Waals surface area contributed by atoms with E-state index in [0.717, 1.165) is 12.1 Å². The first-order valence-corrected chi connectivity index (χ1v) is 5.94. The zero-order valence-corrected chi connectivity index (χ0v) is 11.4. The van der Waals surface area contributed by atoms with Gasteiger partial charge in [-0.3, -0.25) is 0 Å². The molecular formula is C13H18ClNO2. The Morgan fingerprint density at radius 2 is 2.06 bits per heavy atom. The number of carboxylic acids is 1. The van der Waals surface area contributed by atoms with Gasteiger partial charge in [-0.25, -0.2) is 4.79 Å². The number of benzene rings is 1. The summed E-state index contributed by atoms with van der Waals surface area (Å²) in [5, 5.41) is 9.34. The molecule has 1 aromatic carbocycles. The molecule has 0 aromatic heterocycles. The van der Waals surface area contributed by atoms with E-state index >= 15 is 0 Å². The normalized spacial score (nSPS) is 11.4. The van der Waals surface area contributed by atoms with Crippen molar-refractivity contribution in [3.8, 4) is 0 Å². The molecule has 0 amide bonds. The molecule has 0 aliphatic rings. The molecule has 0 bridgehead atoms. The lowest BCUT2D eigenvalue weighted by Crippen LogP contribution is -2.40. The average molecular weight is 256 g/mol. The van der Waals surface area contributed by atoms with Crippen LogP contribution in [-0.2, 0) is 0 Å². The summed E-state index contributed by atoms with van der Waals surface area (Å²) in [6, 6.07) is 4.82. The monoisotopic (exact) mass is 255 g/mol. The summed E-state index contributed by atoms with van der Waals surface area (Å²) >= 11 is 6.13. The molecule has 0 aliphatic carbocycles. The quantitative estimate of drug-likeness (QED) is 0.893. The number of aromatic carboxylic acids is 1. The van der Waals surface area contributed by atoms with Gasteiger partial charge in [0.2, 0.25) is 0 Å². The van der Waals surface area contributed by atoms with Crippen molar-refractivity contribution < 1.29 is 9.90 Å². The van der Waals surface area contributed by atoms with E-state index < -0.39 is 5.97 Å². The van der Waals surface area contributed by atoms with Crippen molar-refractivity contribution in [2.45, 2.75) is 32.7 Å². The van der Waals surface area contributed by atoms with Gasteiger partial charge in [-0.2, -0.15) is 0 Å². The molecule has 1 rings (SSSR count). The number of anilines is 1. The highest BCUT2D eigenvalue weighted by atomic mass is 35.5. The van der Waals surface area contributed by atoms with Crippen LogP contribution in [0.4, 0.5) is 5.69 Å². The highest BCUT2D eigenvalue weighted by Gasteiger charge is 2.23. The maximum atomic E-state index is 10.8. The largest absolute Gasteiger partial charge is 0.478 e. The van der Waals surface area contributed by atoms with Crippen molar-refractivity contribution in [2.24, 2.45) is 0 Å². The van der Waals surface area contributed by atoms with E-state index in [2.05, 4.69) is 25.7 Å². The number of carbonyl (C=O) groups is 1. The van der Waals surface area contributed by atoms with Crippen LogP contribution >= 0.6 is 11.6 Å². The van der Waals surface area contributed by atoms with Crippen LogP contribution in [-0.4, -0.2) is 23.7 Å². The maximum Gasteiger partial charge on any atom is 0.335 e. The topological polar surface area (TPSA) is 40.5 Å². The Morgan fingerprint density at radius 3 is 2.47 bits per heavy atom. The number of carboxylic acid groups (broad SMARTS) is 1. The van der Waals surface area contributed by atoms with Crippen molar-refractivity contribution >= 4 is 23.3 Å². The van der Waals surface area contributed by atoms with Crippen molar-refractivity contribution in [3.05, 3.63) is 28.8 Å². The Bertz CT molecular complexity index is 429. The van der Waals surface area contributed by atoms with Gasteiger partial charge in [0.15, 0.2) is 0 Å². The minimum atomic E-state index is -0.962. The summed E-state index contributed by atoms with van der Waals surface area (Å²) in [6.45, 7) is 6.35. The highest BCUT2D eigenvalue weighted by Crippen LogP contribution is 2.31. The minimum absolute atomic E-state index is 0.0195. The summed E-state index contributed by atoms with van der Waals surface area (Å²) in [7, 11) is 1.96. The molecule has 0 heterocycles. The molecule has 1 N–H and O–H groups in total. The molecule has 3 nitrogen and oxygen atoms in total. The molecule has 1 aromatic rings. The third kappa shape index (κ3) is 2.91. The van der Waals surface area contributed by atoms with Crippen molar-refractivity contribution in [3.63, 3.8) is 0 Å². The third-order valence-corrected chi connectivity index (χ3v) is 3.63. The van der Waals surface area contributed by atoms with Gasteiger partial charge < -0.3 is 10.0 Å². The van der Waals surface area contributed by atoms with Crippen molar-refractivity contribution in [1.82, 2.24) is 0 Å². The Kier molecular flexibility index (Phi) is 4.04. The molecule has 17 heavy (non-hydrogen) atoms. The maximum absolute atomic E-state index is 10.8. The van der Waals surface area contributed by atoms with E-state index in [0.29, 0.717) is 5.02 Å². The fraction of sp³-hybridized carbons (Fsp3) is 0.462. The summed E-state index contributed by atoms with van der Waals surface area (Å²) in [6.07, 6.45) is 0.973. The van der Waals surface area contributed by atoms with Gasteiger partial charge in [0.05, 0.1) is 16.3 Å². The Labute approximate surface area is 107 Å². The van der Waals surface area contributed by atoms with Crippen LogP contribution in [0.25, 0.3) is 0 Å². The fourth-order valence-corrected chi connectivity index (χ4v) is 1.78. The van der Waals surface area contributed by atoms with E-state index in [4.69, 9.17) is 16.7 Å². The highest BCUT2D eigenvalue weighted by molar-refractivity contribution is 6.33. The number of rotatable bonds is 4. The van der Waals surface area contributed by atoms with E-state index in [1.54, 1.807) is 12.1 Å². The molecule has 0 saturated heterocycles. The van der Waals surface area contributed by atoms with Crippen LogP contribution in [0, 0.1) is 0 Å². The molecular weight excluding hydrogens is 238 g/mol. The molecule has 0 unspecified atom stereocenters. The summed E-state index contributed by atoms with van der Waals surface area (Å²) < 4.78 is 0. The number of hydrogen-bond donors (Lipinski definition) is 1. The molecule has 0 radical (unpaired) electrons. The Hall–Kier alpha value is -1.22. The van der Waals surface area contributed by atoms with Crippen molar-refractivity contribution in [1.29, 1.82) is 0 Å². The van der Waals surface area contributed by atoms with Crippen LogP contribution < -0.4 is 4.90 Å². The van der Waals surface area contributed by atoms with Crippen LogP contribution in [0.5, 0.6) is 0 Å². The van der Waals surface area contributed by atoms with E-state index in [-0.39, 0.29) is 11.1 Å². The van der Waals surface area contributed by atoms with Gasteiger partial charge in [0.1, 0.15) is 0 Å². The predicted octanol–water partition coefficient (Wildman–Crippen LogP) is 3.66. The minimum Gasteiger partial charge on any atom is -0.478 e. The van der Waals surface area contributed by atoms with Gasteiger partial charge in [-0.15, -0.1) is 0 Å². The molecule has 0 spiro atoms. The standard InChI is InChI=1S/C13H18ClNO2/c1-5-13(2,3)15(4)11-7-6-9(12(16)17)8-10(11)14/h6-8H,5H2,1-4H3,(H,16,17). The molecule has 94 valence electrons. The number of hydrogen-bond acceptors (Lipinski definition) is 2. The second kappa shape index (κ2) is 4.96. The number of nitrogens with zero attached hydrogens (tertiary/aromatic N) is 1. The zero-order chi connectivity index (χ0) is 13.2. The van der Waals surface area contributed by atoms with Gasteiger partial charge in [0.25, 0.3) is 0 Å². The Balaban J connectivity index is 3.12. The fourth-order valence-electron chi connectivity index (χ4n) is 1.48. The molecule has 0 saturated carbocycles. The average Bonchev–Trinajstić information content (AvgIpc) is 2.27. The van der Waals surface area contributed by atoms with Gasteiger partial charge in [-0.1, -0.05) is 18.5 Å². The smallest absolute Gasteiger partial charge is 0.335 e. The first kappa shape index (κ1) is 13.8. The van der Waals surface area contributed by atoms with Crippen LogP contribution in [0.1, 0.15) is 37.6 Å². The summed E-state index contributed by atoms with van der Waals surface area (Å²) in [5.74, 6) is -0.962. The molecule has 0 atom stereocenters. The lowest BCUT2D eigenvalue weighted by atomic mass is 9.99. The van der Waals surface area contributed by atoms with Gasteiger partial charge >= 0.3 is 5.97 Å². The predicted molar refractivity (Wildman–Crippen MR) is 71.2 cm³/mol. The third-order valence-electron chi connectivity index (χ3n) is 3.33. The lowest BCUT2D eigenvalue weighted by molar-refractivity contribution is 0.0697. The molecule has 4 heteroatoms. The first-order chi connectivity index (χ1) is 7.79. The summed E-state index contributed by atoms with van der Waals surface area (Å²) in [5.41, 5.74) is 1.04. The lowest BCUT2D eigenvalue weighted by Gasteiger charge is -2.37. The molecule has 0 aliphatic heterocycles. The first-order valence-electron chi connectivity index (χ1n) is 5.56. The SMILES string of the molecule is CCC(C)(C)N(C)c1ccc(C(=O)O)cc1Cl. The summed E-state index contributed by atoms with van der Waals surface area (Å²) in [4.78, 5) is 12.9. The van der Waals surface area contributed by atoms with E-state index in [9.17, 15) is 4.79 Å². The van der Waals surface area contributed by atoms with Gasteiger partial charge in [0, 0.05) is 12.6 Å². The van der Waals surface area contributed by atoms with Crippen LogP contribution in [0.15, 0.2) is 18.2 Å². The van der Waals surface area contributed by atoms with Gasteiger partial charge in [-0.05, 0) is 38.5 Å². The molecule has 0 fully saturated rings.